The fourth-order valence-electron chi connectivity index (χ4n) is 4.06. The number of hydrogen-bond donors (Lipinski definition) is 0. The molecule has 2 aromatic carbocycles. The standard InChI is InChI=1S/C21H35Si2.2C4H12NSi2.Gd/c1-20(2,3)22(7,8)18-15-16-13-11-12-14-17(16)19(18)23(9,10)21(4,5)6;2*1-6(2)5-7(3)4;/h11-15H,1-10H3;2*1-4H3;/q3*-1;+3. The van der Waals surface area contributed by atoms with E-state index < -0.39 is 16.1 Å². The van der Waals surface area contributed by atoms with Gasteiger partial charge in [-0.25, -0.2) is 0 Å². The molecule has 2 nitrogen and oxygen atoms in total. The number of hydrogen-bond acceptors (Lipinski definition) is 0. The van der Waals surface area contributed by atoms with Crippen molar-refractivity contribution in [2.75, 3.05) is 0 Å². The minimum absolute atomic E-state index is 0. The molecule has 2 aromatic rings. The number of benzene rings is 1. The van der Waals surface area contributed by atoms with Gasteiger partial charge in [-0.2, -0.15) is 6.07 Å². The van der Waals surface area contributed by atoms with E-state index in [2.05, 4.69) is 160 Å². The van der Waals surface area contributed by atoms with Gasteiger partial charge in [0.2, 0.25) is 0 Å². The SMILES string of the molecule is CC(C)(C)[Si](C)(C)c1cc2ccccc2[c-]1[Si](C)(C)C(C)(C)C.C[Si](C)[N-][Si](C)C.C[Si](C)[N-][Si](C)C.[Gd+3]. The van der Waals surface area contributed by atoms with Gasteiger partial charge in [0.1, 0.15) is 0 Å². The second kappa shape index (κ2) is 16.9. The Balaban J connectivity index is 0. The molecule has 0 heterocycles. The van der Waals surface area contributed by atoms with Crippen LogP contribution in [0.15, 0.2) is 30.3 Å². The third-order valence-corrected chi connectivity index (χ3v) is 26.2. The summed E-state index contributed by atoms with van der Waals surface area (Å²) in [5, 5.41) is 7.17. The van der Waals surface area contributed by atoms with Crippen LogP contribution in [-0.4, -0.2) is 52.0 Å². The largest absolute Gasteiger partial charge is 3.00 e. The normalized spacial score (nSPS) is 12.9. The average Bonchev–Trinajstić information content (AvgIpc) is 3.06. The Morgan fingerprint density at radius 1 is 0.632 bits per heavy atom. The van der Waals surface area contributed by atoms with Gasteiger partial charge >= 0.3 is 39.9 Å². The quantitative estimate of drug-likeness (QED) is 0.207. The molecule has 0 fully saturated rings. The van der Waals surface area contributed by atoms with Crippen molar-refractivity contribution in [3.05, 3.63) is 39.6 Å². The maximum absolute atomic E-state index is 4.48. The Morgan fingerprint density at radius 3 is 1.29 bits per heavy atom. The Morgan fingerprint density at radius 2 is 1.00 bits per heavy atom. The maximum atomic E-state index is 4.48. The first-order chi connectivity index (χ1) is 16.5. The van der Waals surface area contributed by atoms with Crippen LogP contribution in [0.25, 0.3) is 20.1 Å². The van der Waals surface area contributed by atoms with Gasteiger partial charge in [-0.15, -0.1) is 39.3 Å². The van der Waals surface area contributed by atoms with E-state index in [9.17, 15) is 0 Å². The van der Waals surface area contributed by atoms with Crippen LogP contribution in [0.2, 0.25) is 88.6 Å². The Bertz CT molecular complexity index is 913. The van der Waals surface area contributed by atoms with E-state index in [0.29, 0.717) is 10.1 Å². The predicted molar refractivity (Wildman–Crippen MR) is 190 cm³/mol. The molecular formula is C29H59GdN2Si6. The molecule has 0 aliphatic carbocycles. The molecule has 0 spiro atoms. The van der Waals surface area contributed by atoms with Crippen LogP contribution in [0.3, 0.4) is 0 Å². The fraction of sp³-hybridized carbons (Fsp3) is 0.690. The molecule has 9 heteroatoms. The van der Waals surface area contributed by atoms with Gasteiger partial charge in [-0.3, -0.25) is 0 Å². The summed E-state index contributed by atoms with van der Waals surface area (Å²) in [5.74, 6) is 0. The minimum atomic E-state index is -1.59. The zero-order valence-corrected chi connectivity index (χ0v) is 36.4. The van der Waals surface area contributed by atoms with Gasteiger partial charge in [0, 0.05) is 8.07 Å². The van der Waals surface area contributed by atoms with Crippen LogP contribution in [-0.2, 0) is 0 Å². The van der Waals surface area contributed by atoms with E-state index in [1.54, 1.807) is 10.4 Å². The molecule has 0 aromatic heterocycles. The van der Waals surface area contributed by atoms with Gasteiger partial charge in [-0.05, 0) is 10.1 Å². The van der Waals surface area contributed by atoms with Crippen molar-refractivity contribution >= 4 is 73.1 Å². The molecule has 0 bridgehead atoms. The zero-order chi connectivity index (χ0) is 29.6. The van der Waals surface area contributed by atoms with Crippen LogP contribution < -0.4 is 10.4 Å². The molecule has 0 atom stereocenters. The van der Waals surface area contributed by atoms with Crippen LogP contribution in [0, 0.1) is 39.9 Å². The van der Waals surface area contributed by atoms with E-state index in [4.69, 9.17) is 0 Å². The summed E-state index contributed by atoms with van der Waals surface area (Å²) in [5.41, 5.74) is 0. The minimum Gasteiger partial charge on any atom is -0.673 e. The fourth-order valence-corrected chi connectivity index (χ4v) is 17.6. The van der Waals surface area contributed by atoms with E-state index in [1.165, 1.54) is 10.8 Å². The van der Waals surface area contributed by atoms with E-state index >= 15 is 0 Å². The molecule has 0 aliphatic rings. The molecule has 0 unspecified atom stereocenters. The smallest absolute Gasteiger partial charge is 0.673 e. The molecular weight excluding hydrogens is 702 g/mol. The van der Waals surface area contributed by atoms with Crippen LogP contribution >= 0.6 is 0 Å². The molecule has 0 amide bonds. The molecule has 217 valence electrons. The average molecular weight is 762 g/mol. The molecule has 38 heavy (non-hydrogen) atoms. The van der Waals surface area contributed by atoms with Crippen molar-refractivity contribution in [3.8, 4) is 0 Å². The summed E-state index contributed by atoms with van der Waals surface area (Å²) in [4.78, 5) is 0. The summed E-state index contributed by atoms with van der Waals surface area (Å²) in [6.45, 7) is 42.7. The summed E-state index contributed by atoms with van der Waals surface area (Å²) in [6, 6.07) is 11.6. The molecule has 0 aliphatic heterocycles. The second-order valence-corrected chi connectivity index (χ2v) is 34.2. The van der Waals surface area contributed by atoms with Gasteiger partial charge in [0.25, 0.3) is 0 Å². The maximum Gasteiger partial charge on any atom is 3.00 e. The van der Waals surface area contributed by atoms with Crippen molar-refractivity contribution in [1.82, 2.24) is 0 Å². The van der Waals surface area contributed by atoms with Gasteiger partial charge in [-0.1, -0.05) is 162 Å². The van der Waals surface area contributed by atoms with Crippen molar-refractivity contribution in [3.63, 3.8) is 0 Å². The first kappa shape index (κ1) is 41.5. The van der Waals surface area contributed by atoms with E-state index in [-0.39, 0.29) is 75.8 Å². The van der Waals surface area contributed by atoms with Crippen LogP contribution in [0.4, 0.5) is 0 Å². The molecule has 0 saturated heterocycles. The third kappa shape index (κ3) is 12.7. The number of fused-ring (bicyclic) bond motifs is 1. The zero-order valence-electron chi connectivity index (χ0n) is 28.1. The summed E-state index contributed by atoms with van der Waals surface area (Å²) < 4.78 is 8.96. The predicted octanol–water partition coefficient (Wildman–Crippen LogP) is 9.71. The number of rotatable bonds is 6. The Labute approximate surface area is 280 Å². The van der Waals surface area contributed by atoms with Crippen LogP contribution in [0.5, 0.6) is 0 Å². The topological polar surface area (TPSA) is 28.2 Å². The van der Waals surface area contributed by atoms with Crippen molar-refractivity contribution < 1.29 is 39.9 Å². The summed E-state index contributed by atoms with van der Waals surface area (Å²) in [7, 11) is -4.21. The first-order valence-corrected chi connectivity index (χ1v) is 29.6. The van der Waals surface area contributed by atoms with Gasteiger partial charge in [0.15, 0.2) is 0 Å². The van der Waals surface area contributed by atoms with Crippen LogP contribution in [0.1, 0.15) is 41.5 Å². The van der Waals surface area contributed by atoms with E-state index in [1.807, 2.05) is 0 Å². The molecule has 0 saturated carbocycles. The number of nitrogens with zero attached hydrogens (tertiary/aromatic N) is 2. The molecule has 2 rings (SSSR count). The van der Waals surface area contributed by atoms with E-state index in [0.717, 1.165) is 0 Å². The van der Waals surface area contributed by atoms with Gasteiger partial charge in [0.05, 0.1) is 8.07 Å². The summed E-state index contributed by atoms with van der Waals surface area (Å²) >= 11 is 0. The molecule has 0 N–H and O–H groups in total. The Kier molecular flexibility index (Phi) is 18.4. The Hall–Kier alpha value is 1.38. The second-order valence-electron chi connectivity index (χ2n) is 14.3. The first-order valence-electron chi connectivity index (χ1n) is 13.8. The monoisotopic (exact) mass is 761 g/mol. The third-order valence-electron chi connectivity index (χ3n) is 7.74. The van der Waals surface area contributed by atoms with Crippen molar-refractivity contribution in [1.29, 1.82) is 0 Å². The summed E-state index contributed by atoms with van der Waals surface area (Å²) in [6.07, 6.45) is 0. The van der Waals surface area contributed by atoms with Gasteiger partial charge < -0.3 is 9.30 Å². The molecule has 5 radical (unpaired) electrons. The van der Waals surface area contributed by atoms with Crippen molar-refractivity contribution in [2.45, 2.75) is 130 Å². The van der Waals surface area contributed by atoms with Crippen molar-refractivity contribution in [2.24, 2.45) is 0 Å².